The topological polar surface area (TPSA) is 15.3 Å². The minimum absolute atomic E-state index is 0.597. The predicted octanol–water partition coefficient (Wildman–Crippen LogP) is 3.22. The van der Waals surface area contributed by atoms with Gasteiger partial charge in [0.15, 0.2) is 0 Å². The summed E-state index contributed by atoms with van der Waals surface area (Å²) in [4.78, 5) is 2.54. The number of benzene rings is 1. The van der Waals surface area contributed by atoms with Crippen molar-refractivity contribution in [2.75, 3.05) is 24.5 Å². The number of hydrogen-bond acceptors (Lipinski definition) is 2. The maximum Gasteiger partial charge on any atom is 0.0399 e. The molecule has 1 aromatic carbocycles. The summed E-state index contributed by atoms with van der Waals surface area (Å²) in [7, 11) is 0. The number of rotatable bonds is 6. The van der Waals surface area contributed by atoms with Gasteiger partial charge in [0.05, 0.1) is 0 Å². The van der Waals surface area contributed by atoms with E-state index in [2.05, 4.69) is 48.3 Å². The van der Waals surface area contributed by atoms with Crippen LogP contribution in [0.15, 0.2) is 24.3 Å². The van der Waals surface area contributed by atoms with E-state index < -0.39 is 0 Å². The molecule has 2 heteroatoms. The molecular formula is C17H26N2. The van der Waals surface area contributed by atoms with E-state index in [4.69, 9.17) is 0 Å². The molecule has 0 saturated heterocycles. The van der Waals surface area contributed by atoms with Crippen molar-refractivity contribution >= 4 is 5.69 Å². The van der Waals surface area contributed by atoms with Gasteiger partial charge in [-0.05, 0) is 56.2 Å². The second-order valence-electron chi connectivity index (χ2n) is 6.55. The highest BCUT2D eigenvalue weighted by molar-refractivity contribution is 5.57. The summed E-state index contributed by atoms with van der Waals surface area (Å²) in [5.41, 5.74) is 3.58. The largest absolute Gasteiger partial charge is 0.371 e. The molecule has 104 valence electrons. The third-order valence-corrected chi connectivity index (χ3v) is 5.12. The Balaban J connectivity index is 1.42. The molecule has 1 heterocycles. The Hall–Kier alpha value is -1.02. The van der Waals surface area contributed by atoms with E-state index in [0.29, 0.717) is 11.5 Å². The van der Waals surface area contributed by atoms with E-state index in [9.17, 15) is 0 Å². The maximum atomic E-state index is 3.71. The van der Waals surface area contributed by atoms with Crippen molar-refractivity contribution in [3.63, 3.8) is 0 Å². The van der Waals surface area contributed by atoms with Crippen LogP contribution in [0.3, 0.4) is 0 Å². The van der Waals surface area contributed by atoms with Crippen LogP contribution in [0, 0.1) is 5.41 Å². The van der Waals surface area contributed by atoms with E-state index in [1.807, 2.05) is 0 Å². The molecule has 1 aromatic rings. The fourth-order valence-electron chi connectivity index (χ4n) is 3.10. The average molecular weight is 258 g/mol. The summed E-state index contributed by atoms with van der Waals surface area (Å²) >= 11 is 0. The summed E-state index contributed by atoms with van der Waals surface area (Å²) in [5, 5.41) is 3.71. The lowest BCUT2D eigenvalue weighted by atomic mass is 10.0. The van der Waals surface area contributed by atoms with Gasteiger partial charge < -0.3 is 10.2 Å². The molecule has 1 aliphatic carbocycles. The van der Waals surface area contributed by atoms with Gasteiger partial charge in [0.2, 0.25) is 0 Å². The Morgan fingerprint density at radius 1 is 1.32 bits per heavy atom. The maximum absolute atomic E-state index is 3.71. The van der Waals surface area contributed by atoms with Crippen LogP contribution < -0.4 is 10.2 Å². The molecule has 0 amide bonds. The second-order valence-corrected chi connectivity index (χ2v) is 6.55. The summed E-state index contributed by atoms with van der Waals surface area (Å²) in [6.45, 7) is 8.29. The van der Waals surface area contributed by atoms with Crippen molar-refractivity contribution in [1.82, 2.24) is 5.32 Å². The molecule has 1 atom stereocenters. The molecular weight excluding hydrogens is 232 g/mol. The lowest BCUT2D eigenvalue weighted by Gasteiger charge is -2.23. The van der Waals surface area contributed by atoms with Gasteiger partial charge in [0.25, 0.3) is 0 Å². The van der Waals surface area contributed by atoms with Crippen molar-refractivity contribution in [1.29, 1.82) is 0 Å². The standard InChI is InChI=1S/C17H26N2/c1-14(17(2)9-10-17)18-11-5-12-19-13-8-15-6-3-4-7-16(15)19/h3-4,6-7,14,18H,5,8-13H2,1-2H3. The van der Waals surface area contributed by atoms with Crippen LogP contribution in [0.5, 0.6) is 0 Å². The monoisotopic (exact) mass is 258 g/mol. The highest BCUT2D eigenvalue weighted by Gasteiger charge is 2.41. The van der Waals surface area contributed by atoms with E-state index in [0.717, 1.165) is 6.54 Å². The minimum atomic E-state index is 0.597. The number of para-hydroxylation sites is 1. The van der Waals surface area contributed by atoms with Gasteiger partial charge in [0, 0.05) is 24.8 Å². The van der Waals surface area contributed by atoms with Gasteiger partial charge in [-0.1, -0.05) is 25.1 Å². The van der Waals surface area contributed by atoms with Crippen molar-refractivity contribution in [2.45, 2.75) is 45.6 Å². The molecule has 0 aromatic heterocycles. The fourth-order valence-corrected chi connectivity index (χ4v) is 3.10. The zero-order valence-electron chi connectivity index (χ0n) is 12.3. The number of anilines is 1. The third-order valence-electron chi connectivity index (χ3n) is 5.12. The van der Waals surface area contributed by atoms with E-state index in [1.54, 1.807) is 0 Å². The first-order chi connectivity index (χ1) is 9.19. The van der Waals surface area contributed by atoms with E-state index >= 15 is 0 Å². The Morgan fingerprint density at radius 3 is 2.89 bits per heavy atom. The number of nitrogens with one attached hydrogen (secondary N) is 1. The van der Waals surface area contributed by atoms with E-state index in [1.165, 1.54) is 50.0 Å². The number of fused-ring (bicyclic) bond motifs is 1. The van der Waals surface area contributed by atoms with Gasteiger partial charge in [-0.3, -0.25) is 0 Å². The van der Waals surface area contributed by atoms with Gasteiger partial charge in [-0.2, -0.15) is 0 Å². The van der Waals surface area contributed by atoms with Crippen LogP contribution in [0.1, 0.15) is 38.7 Å². The van der Waals surface area contributed by atoms with Crippen molar-refractivity contribution in [3.05, 3.63) is 29.8 Å². The molecule has 1 aliphatic heterocycles. The van der Waals surface area contributed by atoms with Crippen LogP contribution in [0.2, 0.25) is 0 Å². The lowest BCUT2D eigenvalue weighted by molar-refractivity contribution is 0.380. The smallest absolute Gasteiger partial charge is 0.0399 e. The molecule has 1 N–H and O–H groups in total. The molecule has 0 radical (unpaired) electrons. The Morgan fingerprint density at radius 2 is 2.11 bits per heavy atom. The van der Waals surface area contributed by atoms with Gasteiger partial charge in [-0.15, -0.1) is 0 Å². The first-order valence-corrected chi connectivity index (χ1v) is 7.75. The number of hydrogen-bond donors (Lipinski definition) is 1. The van der Waals surface area contributed by atoms with Gasteiger partial charge in [-0.25, -0.2) is 0 Å². The molecule has 3 rings (SSSR count). The first-order valence-electron chi connectivity index (χ1n) is 7.75. The molecule has 0 spiro atoms. The zero-order valence-corrected chi connectivity index (χ0v) is 12.3. The average Bonchev–Trinajstić information content (AvgIpc) is 3.05. The van der Waals surface area contributed by atoms with E-state index in [-0.39, 0.29) is 0 Å². The quantitative estimate of drug-likeness (QED) is 0.788. The fraction of sp³-hybridized carbons (Fsp3) is 0.647. The Bertz CT molecular complexity index is 437. The van der Waals surface area contributed by atoms with Crippen LogP contribution in [0.4, 0.5) is 5.69 Å². The van der Waals surface area contributed by atoms with Crippen molar-refractivity contribution < 1.29 is 0 Å². The summed E-state index contributed by atoms with van der Waals surface area (Å²) in [6.07, 6.45) is 5.27. The molecule has 2 aliphatic rings. The molecule has 2 nitrogen and oxygen atoms in total. The van der Waals surface area contributed by atoms with Crippen LogP contribution in [0.25, 0.3) is 0 Å². The Kier molecular flexibility index (Phi) is 3.53. The number of nitrogens with zero attached hydrogens (tertiary/aromatic N) is 1. The predicted molar refractivity (Wildman–Crippen MR) is 81.8 cm³/mol. The highest BCUT2D eigenvalue weighted by atomic mass is 15.1. The second kappa shape index (κ2) is 5.16. The molecule has 1 fully saturated rings. The first kappa shape index (κ1) is 13.0. The lowest BCUT2D eigenvalue weighted by Crippen LogP contribution is -2.35. The van der Waals surface area contributed by atoms with Crippen LogP contribution >= 0.6 is 0 Å². The van der Waals surface area contributed by atoms with Gasteiger partial charge >= 0.3 is 0 Å². The van der Waals surface area contributed by atoms with Crippen LogP contribution in [-0.4, -0.2) is 25.7 Å². The summed E-state index contributed by atoms with van der Waals surface area (Å²) in [6, 6.07) is 9.53. The molecule has 1 saturated carbocycles. The minimum Gasteiger partial charge on any atom is -0.371 e. The van der Waals surface area contributed by atoms with Crippen molar-refractivity contribution in [2.24, 2.45) is 5.41 Å². The molecule has 1 unspecified atom stereocenters. The highest BCUT2D eigenvalue weighted by Crippen LogP contribution is 2.47. The zero-order chi connectivity index (χ0) is 13.3. The van der Waals surface area contributed by atoms with Gasteiger partial charge in [0.1, 0.15) is 0 Å². The molecule has 0 bridgehead atoms. The third kappa shape index (κ3) is 2.79. The van der Waals surface area contributed by atoms with Crippen molar-refractivity contribution in [3.8, 4) is 0 Å². The Labute approximate surface area is 117 Å². The summed E-state index contributed by atoms with van der Waals surface area (Å²) in [5.74, 6) is 0. The SMILES string of the molecule is CC(NCCCN1CCc2ccccc21)C1(C)CC1. The normalized spacial score (nSPS) is 21.3. The van der Waals surface area contributed by atoms with Crippen LogP contribution in [-0.2, 0) is 6.42 Å². The summed E-state index contributed by atoms with van der Waals surface area (Å²) < 4.78 is 0. The molecule has 19 heavy (non-hydrogen) atoms.